The van der Waals surface area contributed by atoms with Crippen LogP contribution in [0.5, 0.6) is 0 Å². The smallest absolute Gasteiger partial charge is 0.316 e. The van der Waals surface area contributed by atoms with Crippen molar-refractivity contribution in [1.29, 1.82) is 0 Å². The molecule has 1 aromatic carbocycles. The molecule has 0 aromatic heterocycles. The summed E-state index contributed by atoms with van der Waals surface area (Å²) in [6.45, 7) is 0. The van der Waals surface area contributed by atoms with Crippen molar-refractivity contribution < 1.29 is 13.2 Å². The van der Waals surface area contributed by atoms with Gasteiger partial charge in [-0.05, 0) is 31.2 Å². The SMILES string of the molecule is CNC(Cc1c(Cl)cccc1Cl)CC(F)(F)F. The van der Waals surface area contributed by atoms with E-state index in [1.54, 1.807) is 18.2 Å². The second-order valence-electron chi connectivity index (χ2n) is 3.71. The molecule has 0 amide bonds. The van der Waals surface area contributed by atoms with Crippen molar-refractivity contribution in [2.45, 2.75) is 25.1 Å². The minimum Gasteiger partial charge on any atom is -0.316 e. The number of likely N-dealkylation sites (N-methyl/N-ethyl adjacent to an activating group) is 1. The van der Waals surface area contributed by atoms with E-state index in [1.807, 2.05) is 0 Å². The molecule has 1 atom stereocenters. The first kappa shape index (κ1) is 14.6. The Morgan fingerprint density at radius 2 is 1.76 bits per heavy atom. The van der Waals surface area contributed by atoms with Crippen molar-refractivity contribution in [3.63, 3.8) is 0 Å². The van der Waals surface area contributed by atoms with Crippen LogP contribution < -0.4 is 5.32 Å². The normalized spacial score (nSPS) is 13.8. The molecule has 0 spiro atoms. The average Bonchev–Trinajstić information content (AvgIpc) is 2.20. The molecule has 0 heterocycles. The molecule has 6 heteroatoms. The van der Waals surface area contributed by atoms with Crippen molar-refractivity contribution >= 4 is 23.2 Å². The highest BCUT2D eigenvalue weighted by Crippen LogP contribution is 2.28. The fourth-order valence-corrected chi connectivity index (χ4v) is 2.08. The van der Waals surface area contributed by atoms with Gasteiger partial charge in [-0.2, -0.15) is 13.2 Å². The standard InChI is InChI=1S/C11H12Cl2F3N/c1-17-7(6-11(14,15)16)5-8-9(12)3-2-4-10(8)13/h2-4,7,17H,5-6H2,1H3. The van der Waals surface area contributed by atoms with E-state index < -0.39 is 18.6 Å². The Balaban J connectivity index is 2.81. The Morgan fingerprint density at radius 1 is 1.24 bits per heavy atom. The number of alkyl halides is 3. The van der Waals surface area contributed by atoms with Crippen LogP contribution in [0.4, 0.5) is 13.2 Å². The van der Waals surface area contributed by atoms with Gasteiger partial charge in [-0.3, -0.25) is 0 Å². The molecule has 1 unspecified atom stereocenters. The van der Waals surface area contributed by atoms with Gasteiger partial charge in [-0.15, -0.1) is 0 Å². The van der Waals surface area contributed by atoms with E-state index in [4.69, 9.17) is 23.2 Å². The van der Waals surface area contributed by atoms with E-state index >= 15 is 0 Å². The molecule has 0 fully saturated rings. The molecule has 1 rings (SSSR count). The van der Waals surface area contributed by atoms with Gasteiger partial charge < -0.3 is 5.32 Å². The van der Waals surface area contributed by atoms with E-state index in [2.05, 4.69) is 5.32 Å². The van der Waals surface area contributed by atoms with Gasteiger partial charge in [0.1, 0.15) is 0 Å². The van der Waals surface area contributed by atoms with Crippen LogP contribution in [0.3, 0.4) is 0 Å². The number of hydrogen-bond donors (Lipinski definition) is 1. The fraction of sp³-hybridized carbons (Fsp3) is 0.455. The van der Waals surface area contributed by atoms with Crippen LogP contribution in [0.2, 0.25) is 10.0 Å². The number of halogens is 5. The number of nitrogens with one attached hydrogen (secondary N) is 1. The number of benzene rings is 1. The largest absolute Gasteiger partial charge is 0.390 e. The first-order valence-electron chi connectivity index (χ1n) is 5.00. The number of rotatable bonds is 4. The van der Waals surface area contributed by atoms with Crippen LogP contribution in [0, 0.1) is 0 Å². The molecule has 0 aliphatic carbocycles. The Bertz CT molecular complexity index is 359. The topological polar surface area (TPSA) is 12.0 Å². The van der Waals surface area contributed by atoms with E-state index in [0.29, 0.717) is 15.6 Å². The monoisotopic (exact) mass is 285 g/mol. The molecule has 96 valence electrons. The lowest BCUT2D eigenvalue weighted by atomic mass is 10.0. The summed E-state index contributed by atoms with van der Waals surface area (Å²) in [4.78, 5) is 0. The second kappa shape index (κ2) is 5.94. The maximum Gasteiger partial charge on any atom is 0.390 e. The Hall–Kier alpha value is -0.450. The molecule has 0 radical (unpaired) electrons. The van der Waals surface area contributed by atoms with Crippen LogP contribution in [0.1, 0.15) is 12.0 Å². The van der Waals surface area contributed by atoms with E-state index in [0.717, 1.165) is 0 Å². The lowest BCUT2D eigenvalue weighted by Gasteiger charge is -2.19. The van der Waals surface area contributed by atoms with Gasteiger partial charge in [-0.25, -0.2) is 0 Å². The summed E-state index contributed by atoms with van der Waals surface area (Å²) in [5.41, 5.74) is 0.541. The third kappa shape index (κ3) is 4.74. The molecule has 0 bridgehead atoms. The third-order valence-corrected chi connectivity index (χ3v) is 3.11. The minimum absolute atomic E-state index is 0.147. The van der Waals surface area contributed by atoms with E-state index in [-0.39, 0.29) is 6.42 Å². The van der Waals surface area contributed by atoms with Crippen molar-refractivity contribution in [3.05, 3.63) is 33.8 Å². The van der Waals surface area contributed by atoms with Gasteiger partial charge in [-0.1, -0.05) is 29.3 Å². The van der Waals surface area contributed by atoms with Crippen LogP contribution in [0.15, 0.2) is 18.2 Å². The van der Waals surface area contributed by atoms with Crippen molar-refractivity contribution in [2.75, 3.05) is 7.05 Å². The van der Waals surface area contributed by atoms with Crippen LogP contribution in [0.25, 0.3) is 0 Å². The summed E-state index contributed by atoms with van der Waals surface area (Å²) in [5.74, 6) is 0. The molecule has 0 aliphatic rings. The highest BCUT2D eigenvalue weighted by molar-refractivity contribution is 6.35. The lowest BCUT2D eigenvalue weighted by molar-refractivity contribution is -0.139. The highest BCUT2D eigenvalue weighted by Gasteiger charge is 2.31. The molecular formula is C11H12Cl2F3N. The summed E-state index contributed by atoms with van der Waals surface area (Å²) < 4.78 is 36.9. The second-order valence-corrected chi connectivity index (χ2v) is 4.52. The van der Waals surface area contributed by atoms with Gasteiger partial charge in [0.05, 0.1) is 6.42 Å². The molecule has 0 saturated carbocycles. The van der Waals surface area contributed by atoms with E-state index in [9.17, 15) is 13.2 Å². The first-order valence-corrected chi connectivity index (χ1v) is 5.76. The predicted octanol–water partition coefficient (Wildman–Crippen LogP) is 4.08. The van der Waals surface area contributed by atoms with Crippen molar-refractivity contribution in [2.24, 2.45) is 0 Å². The molecule has 1 N–H and O–H groups in total. The quantitative estimate of drug-likeness (QED) is 0.879. The molecule has 17 heavy (non-hydrogen) atoms. The summed E-state index contributed by atoms with van der Waals surface area (Å²) in [6.07, 6.45) is -4.97. The van der Waals surface area contributed by atoms with Crippen molar-refractivity contribution in [1.82, 2.24) is 5.32 Å². The molecule has 1 aromatic rings. The molecule has 0 aliphatic heterocycles. The van der Waals surface area contributed by atoms with E-state index in [1.165, 1.54) is 7.05 Å². The maximum atomic E-state index is 12.3. The van der Waals surface area contributed by atoms with Gasteiger partial charge in [0, 0.05) is 16.1 Å². The third-order valence-electron chi connectivity index (χ3n) is 2.40. The summed E-state index contributed by atoms with van der Waals surface area (Å²) in [5, 5.41) is 3.40. The molecule has 0 saturated heterocycles. The zero-order valence-electron chi connectivity index (χ0n) is 9.11. The fourth-order valence-electron chi connectivity index (χ4n) is 1.53. The minimum atomic E-state index is -4.21. The molecular weight excluding hydrogens is 274 g/mol. The molecule has 1 nitrogen and oxygen atoms in total. The van der Waals surface area contributed by atoms with Crippen LogP contribution in [-0.2, 0) is 6.42 Å². The lowest BCUT2D eigenvalue weighted by Crippen LogP contribution is -2.33. The number of hydrogen-bond acceptors (Lipinski definition) is 1. The van der Waals surface area contributed by atoms with Gasteiger partial charge in [0.15, 0.2) is 0 Å². The van der Waals surface area contributed by atoms with Gasteiger partial charge in [0.2, 0.25) is 0 Å². The zero-order chi connectivity index (χ0) is 13.1. The predicted molar refractivity (Wildman–Crippen MR) is 63.7 cm³/mol. The van der Waals surface area contributed by atoms with Crippen molar-refractivity contribution in [3.8, 4) is 0 Å². The van der Waals surface area contributed by atoms with Crippen LogP contribution >= 0.6 is 23.2 Å². The highest BCUT2D eigenvalue weighted by atomic mass is 35.5. The van der Waals surface area contributed by atoms with Gasteiger partial charge >= 0.3 is 6.18 Å². The average molecular weight is 286 g/mol. The Morgan fingerprint density at radius 3 is 2.18 bits per heavy atom. The Kier molecular flexibility index (Phi) is 5.10. The van der Waals surface area contributed by atoms with Crippen LogP contribution in [-0.4, -0.2) is 19.3 Å². The summed E-state index contributed by atoms with van der Waals surface area (Å²) in [6, 6.07) is 4.16. The summed E-state index contributed by atoms with van der Waals surface area (Å²) >= 11 is 11.8. The Labute approximate surface area is 108 Å². The zero-order valence-corrected chi connectivity index (χ0v) is 10.6. The van der Waals surface area contributed by atoms with Gasteiger partial charge in [0.25, 0.3) is 0 Å². The summed E-state index contributed by atoms with van der Waals surface area (Å²) in [7, 11) is 1.49. The maximum absolute atomic E-state index is 12.3. The first-order chi connectivity index (χ1) is 7.83.